The van der Waals surface area contributed by atoms with E-state index in [4.69, 9.17) is 0 Å². The molecule has 0 radical (unpaired) electrons. The van der Waals surface area contributed by atoms with E-state index >= 15 is 0 Å². The van der Waals surface area contributed by atoms with Gasteiger partial charge in [0.1, 0.15) is 11.5 Å². The first-order chi connectivity index (χ1) is 18.9. The molecule has 0 aliphatic heterocycles. The third-order valence-corrected chi connectivity index (χ3v) is 8.21. The second-order valence-electron chi connectivity index (χ2n) is 11.0. The molecule has 0 atom stereocenters. The Morgan fingerprint density at radius 3 is 2.40 bits per heavy atom. The maximum Gasteiger partial charge on any atom is 0.391 e. The lowest BCUT2D eigenvalue weighted by Crippen LogP contribution is -2.34. The summed E-state index contributed by atoms with van der Waals surface area (Å²) in [7, 11) is 1.71. The topological polar surface area (TPSA) is 89.4 Å². The summed E-state index contributed by atoms with van der Waals surface area (Å²) >= 11 is 0. The van der Waals surface area contributed by atoms with Crippen LogP contribution in [-0.4, -0.2) is 41.8 Å². The molecule has 4 heterocycles. The summed E-state index contributed by atoms with van der Waals surface area (Å²) in [6.45, 7) is 1.74. The van der Waals surface area contributed by atoms with E-state index in [0.717, 1.165) is 5.56 Å². The van der Waals surface area contributed by atoms with Crippen LogP contribution in [0.15, 0.2) is 35.4 Å². The molecule has 7 nitrogen and oxygen atoms in total. The maximum absolute atomic E-state index is 13.6. The third kappa shape index (κ3) is 4.77. The number of fused-ring (bicyclic) bond motifs is 1. The van der Waals surface area contributed by atoms with Crippen molar-refractivity contribution in [2.45, 2.75) is 69.4 Å². The molecule has 210 valence electrons. The van der Waals surface area contributed by atoms with Gasteiger partial charge in [-0.15, -0.1) is 0 Å². The van der Waals surface area contributed by atoms with Crippen LogP contribution in [0, 0.1) is 12.8 Å². The molecular formula is C28H27F5N6O. The van der Waals surface area contributed by atoms with Gasteiger partial charge in [-0.3, -0.25) is 14.8 Å². The molecule has 0 amide bonds. The van der Waals surface area contributed by atoms with Crippen molar-refractivity contribution in [2.24, 2.45) is 13.0 Å². The molecule has 2 fully saturated rings. The van der Waals surface area contributed by atoms with Gasteiger partial charge < -0.3 is 4.98 Å². The summed E-state index contributed by atoms with van der Waals surface area (Å²) in [6.07, 6.45) is -1.14. The van der Waals surface area contributed by atoms with Crippen molar-refractivity contribution in [3.8, 4) is 22.8 Å². The average molecular weight is 559 g/mol. The second kappa shape index (κ2) is 9.45. The number of aryl methyl sites for hydroxylation is 2. The number of hydrogen-bond acceptors (Lipinski definition) is 5. The molecule has 0 unspecified atom stereocenters. The zero-order chi connectivity index (χ0) is 28.4. The largest absolute Gasteiger partial charge is 0.391 e. The fourth-order valence-corrected chi connectivity index (χ4v) is 6.11. The van der Waals surface area contributed by atoms with Crippen molar-refractivity contribution >= 4 is 10.9 Å². The number of halogens is 5. The van der Waals surface area contributed by atoms with Gasteiger partial charge in [0.05, 0.1) is 22.5 Å². The van der Waals surface area contributed by atoms with Crippen LogP contribution in [0.5, 0.6) is 0 Å². The van der Waals surface area contributed by atoms with E-state index in [1.807, 2.05) is 0 Å². The van der Waals surface area contributed by atoms with E-state index < -0.39 is 23.9 Å². The van der Waals surface area contributed by atoms with Crippen molar-refractivity contribution in [2.75, 3.05) is 0 Å². The Bertz CT molecular complexity index is 1640. The standard InChI is InChI=1S/C28H27F5N6O/c1-14-36-26(39(2)38-14)25-24-20(7-8-34-25)37-22(10-23(24)40)19-13-35-21(16-11-27(29,30)12-16)9-18(19)15-3-5-17(6-4-15)28(31,32)33/h7-10,13,15-17H,3-6,11-12H2,1-2H3,(H,37,40)/t15-,17+. The van der Waals surface area contributed by atoms with E-state index in [1.54, 1.807) is 43.2 Å². The highest BCUT2D eigenvalue weighted by Crippen LogP contribution is 2.50. The fraction of sp³-hybridized carbons (Fsp3) is 0.464. The molecule has 0 spiro atoms. The zero-order valence-corrected chi connectivity index (χ0v) is 21.9. The molecule has 6 rings (SSSR count). The van der Waals surface area contributed by atoms with Crippen molar-refractivity contribution < 1.29 is 22.0 Å². The highest BCUT2D eigenvalue weighted by Gasteiger charge is 2.47. The van der Waals surface area contributed by atoms with Crippen LogP contribution in [-0.2, 0) is 7.05 Å². The predicted octanol–water partition coefficient (Wildman–Crippen LogP) is 6.44. The Morgan fingerprint density at radius 1 is 1.05 bits per heavy atom. The number of nitrogens with one attached hydrogen (secondary N) is 1. The molecule has 0 saturated heterocycles. The van der Waals surface area contributed by atoms with Crippen molar-refractivity contribution in [1.29, 1.82) is 0 Å². The van der Waals surface area contributed by atoms with Gasteiger partial charge >= 0.3 is 6.18 Å². The molecule has 2 aliphatic rings. The van der Waals surface area contributed by atoms with Gasteiger partial charge in [-0.25, -0.2) is 18.4 Å². The lowest BCUT2D eigenvalue weighted by Gasteiger charge is -2.35. The molecule has 1 N–H and O–H groups in total. The predicted molar refractivity (Wildman–Crippen MR) is 138 cm³/mol. The van der Waals surface area contributed by atoms with E-state index in [9.17, 15) is 26.7 Å². The number of pyridine rings is 3. The lowest BCUT2D eigenvalue weighted by atomic mass is 9.75. The lowest BCUT2D eigenvalue weighted by molar-refractivity contribution is -0.182. The van der Waals surface area contributed by atoms with Crippen LogP contribution in [0.1, 0.15) is 67.4 Å². The smallest absolute Gasteiger partial charge is 0.354 e. The molecule has 2 saturated carbocycles. The number of aromatic nitrogens is 6. The van der Waals surface area contributed by atoms with E-state index in [0.29, 0.717) is 58.0 Å². The molecule has 12 heteroatoms. The summed E-state index contributed by atoms with van der Waals surface area (Å²) < 4.78 is 68.8. The number of hydrogen-bond donors (Lipinski definition) is 1. The number of alkyl halides is 5. The highest BCUT2D eigenvalue weighted by molar-refractivity contribution is 5.91. The first-order valence-electron chi connectivity index (χ1n) is 13.2. The van der Waals surface area contributed by atoms with Crippen LogP contribution < -0.4 is 5.43 Å². The van der Waals surface area contributed by atoms with Crippen molar-refractivity contribution in [1.82, 2.24) is 29.7 Å². The van der Waals surface area contributed by atoms with Gasteiger partial charge in [-0.2, -0.15) is 18.3 Å². The van der Waals surface area contributed by atoms with Gasteiger partial charge in [-0.1, -0.05) is 0 Å². The van der Waals surface area contributed by atoms with Crippen LogP contribution in [0.25, 0.3) is 33.7 Å². The van der Waals surface area contributed by atoms with Crippen molar-refractivity contribution in [3.63, 3.8) is 0 Å². The van der Waals surface area contributed by atoms with E-state index in [-0.39, 0.29) is 37.0 Å². The molecular weight excluding hydrogens is 531 g/mol. The first-order valence-corrected chi connectivity index (χ1v) is 13.2. The highest BCUT2D eigenvalue weighted by atomic mass is 19.4. The summed E-state index contributed by atoms with van der Waals surface area (Å²) in [4.78, 5) is 30.0. The maximum atomic E-state index is 13.6. The first kappa shape index (κ1) is 26.5. The minimum atomic E-state index is -4.24. The number of rotatable bonds is 4. The Labute approximate surface area is 225 Å². The van der Waals surface area contributed by atoms with Crippen LogP contribution in [0.3, 0.4) is 0 Å². The van der Waals surface area contributed by atoms with Crippen LogP contribution in [0.2, 0.25) is 0 Å². The number of nitrogens with zero attached hydrogens (tertiary/aromatic N) is 5. The van der Waals surface area contributed by atoms with Gasteiger partial charge in [-0.05, 0) is 56.2 Å². The summed E-state index contributed by atoms with van der Waals surface area (Å²) in [5, 5.41) is 4.57. The Kier molecular flexibility index (Phi) is 6.26. The van der Waals surface area contributed by atoms with Gasteiger partial charge in [0, 0.05) is 55.5 Å². The number of H-pyrrole nitrogens is 1. The molecule has 4 aromatic heterocycles. The monoisotopic (exact) mass is 558 g/mol. The minimum absolute atomic E-state index is 0.00680. The molecule has 0 aromatic carbocycles. The Morgan fingerprint density at radius 2 is 1.77 bits per heavy atom. The zero-order valence-electron chi connectivity index (χ0n) is 21.9. The summed E-state index contributed by atoms with van der Waals surface area (Å²) in [5.74, 6) is -3.74. The molecule has 40 heavy (non-hydrogen) atoms. The number of aromatic amines is 1. The van der Waals surface area contributed by atoms with Crippen molar-refractivity contribution in [3.05, 3.63) is 57.9 Å². The SMILES string of the molecule is Cc1nc(-c2nccc3[nH]c(-c4cnc(C5CC(F)(F)C5)cc4[C@H]4CC[C@@H](C(F)(F)F)CC4)cc(=O)c23)n(C)n1. The van der Waals surface area contributed by atoms with Crippen LogP contribution in [0.4, 0.5) is 22.0 Å². The Hall–Kier alpha value is -3.70. The minimum Gasteiger partial charge on any atom is -0.354 e. The van der Waals surface area contributed by atoms with Gasteiger partial charge in [0.25, 0.3) is 0 Å². The molecule has 2 aliphatic carbocycles. The van der Waals surface area contributed by atoms with Gasteiger partial charge in [0.2, 0.25) is 5.92 Å². The summed E-state index contributed by atoms with van der Waals surface area (Å²) in [6, 6.07) is 4.85. The van der Waals surface area contributed by atoms with E-state index in [2.05, 4.69) is 25.0 Å². The van der Waals surface area contributed by atoms with E-state index in [1.165, 1.54) is 6.07 Å². The normalized spacial score (nSPS) is 21.5. The third-order valence-electron chi connectivity index (χ3n) is 8.21. The van der Waals surface area contributed by atoms with Gasteiger partial charge in [0.15, 0.2) is 11.3 Å². The Balaban J connectivity index is 1.43. The molecule has 0 bridgehead atoms. The quantitative estimate of drug-likeness (QED) is 0.291. The summed E-state index contributed by atoms with van der Waals surface area (Å²) in [5.41, 5.74) is 2.83. The molecule has 4 aromatic rings. The fourth-order valence-electron chi connectivity index (χ4n) is 6.11. The average Bonchev–Trinajstić information content (AvgIpc) is 3.23. The van der Waals surface area contributed by atoms with Crippen LogP contribution >= 0.6 is 0 Å². The second-order valence-corrected chi connectivity index (χ2v) is 11.0.